The molecule has 0 spiro atoms. The van der Waals surface area contributed by atoms with Gasteiger partial charge in [0, 0.05) is 37.4 Å². The van der Waals surface area contributed by atoms with E-state index in [4.69, 9.17) is 9.84 Å². The Hall–Kier alpha value is -2.08. The number of morpholine rings is 1. The molecule has 1 aliphatic heterocycles. The van der Waals surface area contributed by atoms with E-state index in [-0.39, 0.29) is 18.9 Å². The molecule has 1 heterocycles. The zero-order valence-corrected chi connectivity index (χ0v) is 12.8. The van der Waals surface area contributed by atoms with Crippen LogP contribution in [0.25, 0.3) is 0 Å². The lowest BCUT2D eigenvalue weighted by Crippen LogP contribution is -2.36. The molecule has 0 aromatic heterocycles. The molecule has 2 rings (SSSR count). The van der Waals surface area contributed by atoms with Crippen LogP contribution >= 0.6 is 0 Å². The van der Waals surface area contributed by atoms with Crippen molar-refractivity contribution in [2.75, 3.05) is 44.3 Å². The lowest BCUT2D eigenvalue weighted by molar-refractivity contribution is -0.137. The van der Waals surface area contributed by atoms with Gasteiger partial charge >= 0.3 is 5.97 Å². The number of carboxylic acid groups (broad SMARTS) is 1. The molecule has 120 valence electrons. The van der Waals surface area contributed by atoms with Gasteiger partial charge in [0.15, 0.2) is 0 Å². The first-order chi connectivity index (χ1) is 10.6. The molecule has 1 aromatic rings. The average molecular weight is 306 g/mol. The highest BCUT2D eigenvalue weighted by Crippen LogP contribution is 2.17. The molecule has 1 aliphatic rings. The topological polar surface area (TPSA) is 70.1 Å². The highest BCUT2D eigenvalue weighted by atomic mass is 16.5. The number of amides is 1. The van der Waals surface area contributed by atoms with Crippen molar-refractivity contribution in [2.24, 2.45) is 0 Å². The lowest BCUT2D eigenvalue weighted by Gasteiger charge is -2.29. The molecule has 22 heavy (non-hydrogen) atoms. The van der Waals surface area contributed by atoms with Crippen LogP contribution in [-0.4, -0.2) is 61.3 Å². The molecule has 0 aliphatic carbocycles. The Kier molecular flexibility index (Phi) is 5.77. The second-order valence-corrected chi connectivity index (χ2v) is 5.17. The number of carboxylic acids is 1. The number of hydrogen-bond acceptors (Lipinski definition) is 4. The Balaban J connectivity index is 2.01. The Morgan fingerprint density at radius 2 is 1.86 bits per heavy atom. The molecule has 1 amide bonds. The fourth-order valence-corrected chi connectivity index (χ4v) is 2.45. The average Bonchev–Trinajstić information content (AvgIpc) is 2.56. The van der Waals surface area contributed by atoms with Crippen molar-refractivity contribution in [1.82, 2.24) is 4.90 Å². The number of anilines is 1. The van der Waals surface area contributed by atoms with Crippen LogP contribution in [0.15, 0.2) is 24.3 Å². The Labute approximate surface area is 130 Å². The standard InChI is InChI=1S/C16H22N2O4/c1-2-17(8-7-15(19)20)16(21)13-3-5-14(6-4-13)18-9-11-22-12-10-18/h3-6H,2,7-12H2,1H3,(H,19,20). The summed E-state index contributed by atoms with van der Waals surface area (Å²) < 4.78 is 5.32. The van der Waals surface area contributed by atoms with Crippen molar-refractivity contribution in [2.45, 2.75) is 13.3 Å². The summed E-state index contributed by atoms with van der Waals surface area (Å²) in [5.41, 5.74) is 1.66. The number of carbonyl (C=O) groups is 2. The Bertz CT molecular complexity index is 509. The minimum atomic E-state index is -0.895. The summed E-state index contributed by atoms with van der Waals surface area (Å²) in [5.74, 6) is -1.02. The van der Waals surface area contributed by atoms with Crippen LogP contribution in [-0.2, 0) is 9.53 Å². The molecule has 6 nitrogen and oxygen atoms in total. The van der Waals surface area contributed by atoms with Gasteiger partial charge in [0.2, 0.25) is 0 Å². The predicted octanol–water partition coefficient (Wildman–Crippen LogP) is 1.46. The first-order valence-corrected chi connectivity index (χ1v) is 7.55. The van der Waals surface area contributed by atoms with Gasteiger partial charge in [-0.2, -0.15) is 0 Å². The zero-order chi connectivity index (χ0) is 15.9. The summed E-state index contributed by atoms with van der Waals surface area (Å²) in [4.78, 5) is 26.8. The van der Waals surface area contributed by atoms with Crippen LogP contribution < -0.4 is 4.90 Å². The van der Waals surface area contributed by atoms with Crippen molar-refractivity contribution in [1.29, 1.82) is 0 Å². The Morgan fingerprint density at radius 1 is 1.23 bits per heavy atom. The van der Waals surface area contributed by atoms with E-state index in [1.807, 2.05) is 19.1 Å². The number of rotatable bonds is 6. The summed E-state index contributed by atoms with van der Waals surface area (Å²) in [7, 11) is 0. The largest absolute Gasteiger partial charge is 0.481 e. The van der Waals surface area contributed by atoms with Crippen molar-refractivity contribution >= 4 is 17.6 Å². The van der Waals surface area contributed by atoms with Gasteiger partial charge in [0.25, 0.3) is 5.91 Å². The summed E-state index contributed by atoms with van der Waals surface area (Å²) in [6, 6.07) is 7.47. The molecule has 1 aromatic carbocycles. The SMILES string of the molecule is CCN(CCC(=O)O)C(=O)c1ccc(N2CCOCC2)cc1. The molecular weight excluding hydrogens is 284 g/mol. The molecule has 1 fully saturated rings. The molecule has 1 saturated heterocycles. The second-order valence-electron chi connectivity index (χ2n) is 5.17. The van der Waals surface area contributed by atoms with Crippen LogP contribution in [0, 0.1) is 0 Å². The van der Waals surface area contributed by atoms with Gasteiger partial charge < -0.3 is 19.6 Å². The number of carbonyl (C=O) groups excluding carboxylic acids is 1. The van der Waals surface area contributed by atoms with Crippen LogP contribution in [0.5, 0.6) is 0 Å². The maximum absolute atomic E-state index is 12.4. The van der Waals surface area contributed by atoms with Gasteiger partial charge in [0.1, 0.15) is 0 Å². The van der Waals surface area contributed by atoms with Gasteiger partial charge in [-0.3, -0.25) is 9.59 Å². The smallest absolute Gasteiger partial charge is 0.305 e. The second kappa shape index (κ2) is 7.79. The predicted molar refractivity (Wildman–Crippen MR) is 83.3 cm³/mol. The van der Waals surface area contributed by atoms with E-state index in [1.165, 1.54) is 0 Å². The summed E-state index contributed by atoms with van der Waals surface area (Å²) in [6.45, 7) is 5.73. The highest BCUT2D eigenvalue weighted by molar-refractivity contribution is 5.94. The van der Waals surface area contributed by atoms with Crippen LogP contribution in [0.3, 0.4) is 0 Å². The van der Waals surface area contributed by atoms with Crippen LogP contribution in [0.1, 0.15) is 23.7 Å². The van der Waals surface area contributed by atoms with E-state index in [0.717, 1.165) is 32.0 Å². The van der Waals surface area contributed by atoms with E-state index in [2.05, 4.69) is 4.90 Å². The summed E-state index contributed by atoms with van der Waals surface area (Å²) >= 11 is 0. The van der Waals surface area contributed by atoms with Gasteiger partial charge in [-0.05, 0) is 31.2 Å². The maximum atomic E-state index is 12.4. The first-order valence-electron chi connectivity index (χ1n) is 7.55. The van der Waals surface area contributed by atoms with Gasteiger partial charge in [-0.1, -0.05) is 0 Å². The summed E-state index contributed by atoms with van der Waals surface area (Å²) in [6.07, 6.45) is -0.0363. The maximum Gasteiger partial charge on any atom is 0.305 e. The van der Waals surface area contributed by atoms with Crippen LogP contribution in [0.4, 0.5) is 5.69 Å². The van der Waals surface area contributed by atoms with Gasteiger partial charge in [0.05, 0.1) is 19.6 Å². The van der Waals surface area contributed by atoms with Crippen LogP contribution in [0.2, 0.25) is 0 Å². The molecule has 0 radical (unpaired) electrons. The quantitative estimate of drug-likeness (QED) is 0.861. The number of nitrogens with zero attached hydrogens (tertiary/aromatic N) is 2. The first kappa shape index (κ1) is 16.3. The van der Waals surface area contributed by atoms with Crippen molar-refractivity contribution in [3.05, 3.63) is 29.8 Å². The highest BCUT2D eigenvalue weighted by Gasteiger charge is 2.16. The Morgan fingerprint density at radius 3 is 2.41 bits per heavy atom. The van der Waals surface area contributed by atoms with E-state index in [9.17, 15) is 9.59 Å². The number of ether oxygens (including phenoxy) is 1. The molecule has 0 saturated carbocycles. The molecule has 0 unspecified atom stereocenters. The monoisotopic (exact) mass is 306 g/mol. The fraction of sp³-hybridized carbons (Fsp3) is 0.500. The van der Waals surface area contributed by atoms with E-state index in [1.54, 1.807) is 17.0 Å². The van der Waals surface area contributed by atoms with Crippen molar-refractivity contribution in [3.63, 3.8) is 0 Å². The van der Waals surface area contributed by atoms with Crippen molar-refractivity contribution < 1.29 is 19.4 Å². The minimum Gasteiger partial charge on any atom is -0.481 e. The number of benzene rings is 1. The van der Waals surface area contributed by atoms with Gasteiger partial charge in [-0.15, -0.1) is 0 Å². The summed E-state index contributed by atoms with van der Waals surface area (Å²) in [5, 5.41) is 8.74. The van der Waals surface area contributed by atoms with E-state index in [0.29, 0.717) is 12.1 Å². The number of aliphatic carboxylic acids is 1. The molecule has 1 N–H and O–H groups in total. The minimum absolute atomic E-state index is 0.0363. The van der Waals surface area contributed by atoms with E-state index >= 15 is 0 Å². The molecule has 0 bridgehead atoms. The third kappa shape index (κ3) is 4.21. The third-order valence-electron chi connectivity index (χ3n) is 3.76. The molecule has 6 heteroatoms. The third-order valence-corrected chi connectivity index (χ3v) is 3.76. The van der Waals surface area contributed by atoms with Crippen molar-refractivity contribution in [3.8, 4) is 0 Å². The lowest BCUT2D eigenvalue weighted by atomic mass is 10.1. The normalized spacial score (nSPS) is 14.7. The van der Waals surface area contributed by atoms with E-state index < -0.39 is 5.97 Å². The fourth-order valence-electron chi connectivity index (χ4n) is 2.45. The molecule has 0 atom stereocenters. The van der Waals surface area contributed by atoms with Gasteiger partial charge in [-0.25, -0.2) is 0 Å². The molecular formula is C16H22N2O4. The zero-order valence-electron chi connectivity index (χ0n) is 12.8. The number of hydrogen-bond donors (Lipinski definition) is 1.